The van der Waals surface area contributed by atoms with Crippen LogP contribution in [-0.4, -0.2) is 121 Å². The summed E-state index contributed by atoms with van der Waals surface area (Å²) >= 11 is 17.7. The van der Waals surface area contributed by atoms with Crippen LogP contribution in [-0.2, 0) is 52.3 Å². The molecule has 1 amide bonds. The molecule has 0 radical (unpaired) electrons. The van der Waals surface area contributed by atoms with Gasteiger partial charge >= 0.3 is 30.2 Å². The van der Waals surface area contributed by atoms with Gasteiger partial charge in [-0.15, -0.1) is 0 Å². The third-order valence-electron chi connectivity index (χ3n) is 15.9. The molecule has 2 saturated carbocycles. The highest BCUT2D eigenvalue weighted by atomic mass is 35.6. The molecule has 20 heteroatoms. The topological polar surface area (TPSA) is 220 Å². The number of alkyl halides is 3. The molecule has 2 bridgehead atoms. The first kappa shape index (κ1) is 55.9. The third kappa shape index (κ3) is 9.95. The molecule has 12 atom stereocenters. The van der Waals surface area contributed by atoms with Crippen molar-refractivity contribution in [1.29, 1.82) is 0 Å². The number of aliphatic hydroxyl groups excluding tert-OH is 1. The zero-order valence-electron chi connectivity index (χ0n) is 43.5. The van der Waals surface area contributed by atoms with Crippen LogP contribution in [0.5, 0.6) is 0 Å². The predicted molar refractivity (Wildman–Crippen MR) is 278 cm³/mol. The second-order valence-electron chi connectivity index (χ2n) is 22.1. The molecular formula is C57H60Cl3NO16. The van der Waals surface area contributed by atoms with E-state index in [1.165, 1.54) is 30.9 Å². The lowest BCUT2D eigenvalue weighted by atomic mass is 9.44. The number of amides is 1. The maximum Gasteiger partial charge on any atom is 0.508 e. The Kier molecular flexibility index (Phi) is 14.9. The zero-order chi connectivity index (χ0) is 55.8. The number of benzene rings is 4. The van der Waals surface area contributed by atoms with E-state index in [1.54, 1.807) is 89.2 Å². The summed E-state index contributed by atoms with van der Waals surface area (Å²) in [7, 11) is 0. The Balaban J connectivity index is 1.20. The molecule has 9 rings (SSSR count). The lowest BCUT2D eigenvalue weighted by Gasteiger charge is -2.67. The minimum atomic E-state index is -2.49. The Hall–Kier alpha value is -5.79. The van der Waals surface area contributed by atoms with E-state index in [1.807, 2.05) is 36.4 Å². The van der Waals surface area contributed by atoms with Crippen molar-refractivity contribution >= 4 is 81.5 Å². The van der Waals surface area contributed by atoms with Crippen LogP contribution in [0.2, 0.25) is 0 Å². The first-order valence-corrected chi connectivity index (χ1v) is 26.3. The Morgan fingerprint density at radius 2 is 1.48 bits per heavy atom. The Morgan fingerprint density at radius 3 is 2.10 bits per heavy atom. The molecule has 4 fully saturated rings. The summed E-state index contributed by atoms with van der Waals surface area (Å²) in [6.07, 6.45) is -14.3. The molecule has 3 aliphatic carbocycles. The van der Waals surface area contributed by atoms with E-state index in [9.17, 15) is 29.4 Å². The van der Waals surface area contributed by atoms with Crippen molar-refractivity contribution in [2.24, 2.45) is 16.7 Å². The van der Waals surface area contributed by atoms with Crippen LogP contribution < -0.4 is 0 Å². The fraction of sp³-hybridized carbons (Fsp3) is 0.474. The molecule has 2 heterocycles. The van der Waals surface area contributed by atoms with Gasteiger partial charge in [-0.2, -0.15) is 0 Å². The molecule has 77 heavy (non-hydrogen) atoms. The van der Waals surface area contributed by atoms with E-state index in [-0.39, 0.29) is 23.1 Å². The minimum absolute atomic E-state index is 0.0252. The summed E-state index contributed by atoms with van der Waals surface area (Å²) in [6, 6.07) is 28.3. The molecule has 2 aliphatic heterocycles. The number of halogens is 3. The van der Waals surface area contributed by atoms with Crippen molar-refractivity contribution in [2.45, 2.75) is 138 Å². The predicted octanol–water partition coefficient (Wildman–Crippen LogP) is 9.39. The number of carbonyl (C=O) groups excluding carboxylic acids is 6. The smallest absolute Gasteiger partial charge is 0.456 e. The van der Waals surface area contributed by atoms with Crippen LogP contribution in [0.25, 0.3) is 10.8 Å². The number of fused-ring (bicyclic) bond motifs is 6. The summed E-state index contributed by atoms with van der Waals surface area (Å²) in [5.41, 5.74) is -8.27. The first-order chi connectivity index (χ1) is 36.1. The number of Topliss-reactive ketones (excluding diaryl/α,β-unsaturated/α-hetero) is 1. The fourth-order valence-electron chi connectivity index (χ4n) is 12.4. The molecular weight excluding hydrogens is 1060 g/mol. The number of nitrogens with zero attached hydrogens (tertiary/aromatic N) is 1. The average molecular weight is 1120 g/mol. The number of hydrogen-bond donors (Lipinski definition) is 2. The Labute approximate surface area is 459 Å². The third-order valence-corrected chi connectivity index (χ3v) is 16.2. The monoisotopic (exact) mass is 1120 g/mol. The van der Waals surface area contributed by atoms with Gasteiger partial charge in [0.25, 0.3) is 0 Å². The number of carbonyl (C=O) groups is 6. The number of aliphatic hydroxyl groups is 2. The average Bonchev–Trinajstić information content (AvgIpc) is 3.96. The largest absolute Gasteiger partial charge is 0.508 e. The fourth-order valence-corrected chi connectivity index (χ4v) is 12.5. The van der Waals surface area contributed by atoms with Gasteiger partial charge in [-0.3, -0.25) is 14.5 Å². The molecule has 0 unspecified atom stereocenters. The highest BCUT2D eigenvalue weighted by molar-refractivity contribution is 6.67. The Bertz CT molecular complexity index is 3010. The highest BCUT2D eigenvalue weighted by Crippen LogP contribution is 2.65. The van der Waals surface area contributed by atoms with E-state index < -0.39 is 142 Å². The van der Waals surface area contributed by atoms with Gasteiger partial charge in [-0.1, -0.05) is 140 Å². The van der Waals surface area contributed by atoms with E-state index in [0.717, 1.165) is 17.7 Å². The van der Waals surface area contributed by atoms with Crippen molar-refractivity contribution in [3.8, 4) is 0 Å². The molecule has 17 nitrogen and oxygen atoms in total. The van der Waals surface area contributed by atoms with Crippen molar-refractivity contribution in [3.63, 3.8) is 0 Å². The van der Waals surface area contributed by atoms with Gasteiger partial charge in [0, 0.05) is 30.7 Å². The highest BCUT2D eigenvalue weighted by Gasteiger charge is 2.79. The minimum Gasteiger partial charge on any atom is -0.456 e. The Morgan fingerprint density at radius 1 is 0.844 bits per heavy atom. The molecule has 2 N–H and O–H groups in total. The molecule has 2 saturated heterocycles. The number of rotatable bonds is 9. The van der Waals surface area contributed by atoms with Crippen molar-refractivity contribution < 1.29 is 76.9 Å². The van der Waals surface area contributed by atoms with Gasteiger partial charge in [-0.05, 0) is 74.2 Å². The summed E-state index contributed by atoms with van der Waals surface area (Å²) < 4.78 is 47.1. The lowest BCUT2D eigenvalue weighted by molar-refractivity contribution is -0.346. The van der Waals surface area contributed by atoms with Crippen LogP contribution in [0.4, 0.5) is 9.59 Å². The van der Waals surface area contributed by atoms with E-state index in [2.05, 4.69) is 0 Å². The molecule has 4 aromatic carbocycles. The maximum absolute atomic E-state index is 15.8. The maximum atomic E-state index is 15.8. The van der Waals surface area contributed by atoms with Gasteiger partial charge in [0.15, 0.2) is 23.7 Å². The summed E-state index contributed by atoms with van der Waals surface area (Å²) in [5, 5.41) is 28.5. The van der Waals surface area contributed by atoms with Gasteiger partial charge < -0.3 is 48.1 Å². The molecule has 0 spiro atoms. The van der Waals surface area contributed by atoms with Crippen LogP contribution >= 0.6 is 34.8 Å². The van der Waals surface area contributed by atoms with Gasteiger partial charge in [0.1, 0.15) is 54.4 Å². The summed E-state index contributed by atoms with van der Waals surface area (Å²) in [5.74, 6) is -5.54. The van der Waals surface area contributed by atoms with Gasteiger partial charge in [-0.25, -0.2) is 19.2 Å². The molecule has 0 aromatic heterocycles. The van der Waals surface area contributed by atoms with Gasteiger partial charge in [0.2, 0.25) is 3.79 Å². The van der Waals surface area contributed by atoms with Crippen molar-refractivity contribution in [1.82, 2.24) is 4.90 Å². The molecule has 410 valence electrons. The van der Waals surface area contributed by atoms with Crippen LogP contribution in [0, 0.1) is 16.7 Å². The summed E-state index contributed by atoms with van der Waals surface area (Å²) in [4.78, 5) is 88.9. The standard InChI is InChI=1S/C57H60Cl3NO16/c1-30-37(72-49(66)43-41(33-19-11-9-12-20-33)61(50(67)77-52(3,4)5)47(74-43)36-25-17-23-32-18-15-16-24-35(32)36)27-56(69)46(75-48(65)34-21-13-10-14-22-34)44-54(8,45(64)42(63)40(30)53(56,6)7)38(73-51(68)71-29-57(58,59)60)26-39-55(44,28-70-39)76-31(2)62/h9-25,37-39,41-44,46-47,63,69H,26-29H2,1-8H3/t37-,38-,39+,41-,42+,43+,44-,46-,47+,54+,55-,56+/m0/s1. The molecule has 4 aromatic rings. The van der Waals surface area contributed by atoms with Crippen molar-refractivity contribution in [2.75, 3.05) is 13.2 Å². The van der Waals surface area contributed by atoms with E-state index >= 15 is 9.59 Å². The number of ketones is 1. The number of hydrogen-bond acceptors (Lipinski definition) is 16. The second kappa shape index (κ2) is 20.5. The molecule has 5 aliphatic rings. The quantitative estimate of drug-likeness (QED) is 0.0690. The SMILES string of the molecule is CC(=O)O[C@@]12CO[C@@H]1C[C@H](OC(=O)OCC(Cl)(Cl)Cl)[C@@]1(C)C(=O)[C@H](O)C3=C(C)[C@@H](OC(=O)[C@@H]4O[C@H](c5cccc6ccccc56)N(C(=O)OC(C)(C)C)[C@H]4c4ccccc4)C[C@@](O)([C@@H](OC(=O)c4ccccc4)[C@H]21)C3(C)C. The summed E-state index contributed by atoms with van der Waals surface area (Å²) in [6.45, 7) is 11.1. The van der Waals surface area contributed by atoms with E-state index in [0.29, 0.717) is 11.1 Å². The van der Waals surface area contributed by atoms with Crippen molar-refractivity contribution in [3.05, 3.63) is 131 Å². The normalized spacial score (nSPS) is 31.6. The van der Waals surface area contributed by atoms with Gasteiger partial charge in [0.05, 0.1) is 23.5 Å². The van der Waals surface area contributed by atoms with Crippen LogP contribution in [0.1, 0.15) is 102 Å². The number of ether oxygens (including phenoxy) is 8. The number of esters is 3. The van der Waals surface area contributed by atoms with E-state index in [4.69, 9.17) is 72.7 Å². The first-order valence-electron chi connectivity index (χ1n) is 25.2. The lowest BCUT2D eigenvalue weighted by Crippen LogP contribution is -2.82. The zero-order valence-corrected chi connectivity index (χ0v) is 45.8. The van der Waals surface area contributed by atoms with Crippen LogP contribution in [0.3, 0.4) is 0 Å². The second-order valence-corrected chi connectivity index (χ2v) is 24.6. The van der Waals surface area contributed by atoms with Crippen LogP contribution in [0.15, 0.2) is 114 Å².